The molecule has 0 N–H and O–H groups in total. The summed E-state index contributed by atoms with van der Waals surface area (Å²) in [4.78, 5) is 11.2. The van der Waals surface area contributed by atoms with E-state index in [1.54, 1.807) is 6.20 Å². The molecular weight excluding hydrogens is 282 g/mol. The molecule has 0 bridgehead atoms. The number of benzene rings is 1. The number of para-hydroxylation sites is 1. The van der Waals surface area contributed by atoms with Gasteiger partial charge in [0.1, 0.15) is 5.82 Å². The Labute approximate surface area is 129 Å². The van der Waals surface area contributed by atoms with Gasteiger partial charge in [-0.25, -0.2) is 4.98 Å². The summed E-state index contributed by atoms with van der Waals surface area (Å²) in [6.07, 6.45) is 1.81. The predicted octanol–water partition coefficient (Wildman–Crippen LogP) is 4.01. The van der Waals surface area contributed by atoms with E-state index in [1.165, 1.54) is 0 Å². The Morgan fingerprint density at radius 3 is 2.67 bits per heavy atom. The number of pyridine rings is 2. The van der Waals surface area contributed by atoms with Crippen molar-refractivity contribution in [2.75, 3.05) is 11.9 Å². The largest absolute Gasteiger partial charge is 0.354 e. The highest BCUT2D eigenvalue weighted by molar-refractivity contribution is 6.18. The first-order valence-corrected chi connectivity index (χ1v) is 7.37. The van der Waals surface area contributed by atoms with Gasteiger partial charge < -0.3 is 4.90 Å². The molecule has 1 aromatic carbocycles. The number of rotatable bonds is 4. The number of halogens is 1. The highest BCUT2D eigenvalue weighted by Crippen LogP contribution is 2.24. The van der Waals surface area contributed by atoms with Crippen LogP contribution < -0.4 is 4.90 Å². The fourth-order valence-electron chi connectivity index (χ4n) is 2.35. The highest BCUT2D eigenvalue weighted by atomic mass is 35.5. The fourth-order valence-corrected chi connectivity index (χ4v) is 2.57. The van der Waals surface area contributed by atoms with E-state index in [-0.39, 0.29) is 0 Å². The van der Waals surface area contributed by atoms with E-state index in [0.717, 1.165) is 28.0 Å². The number of aromatic nitrogens is 2. The van der Waals surface area contributed by atoms with Crippen LogP contribution in [0.25, 0.3) is 10.9 Å². The lowest BCUT2D eigenvalue weighted by molar-refractivity contribution is 0.868. The zero-order valence-electron chi connectivity index (χ0n) is 11.8. The molecule has 0 aliphatic rings. The average Bonchev–Trinajstić information content (AvgIpc) is 2.54. The van der Waals surface area contributed by atoms with Crippen molar-refractivity contribution in [1.82, 2.24) is 9.97 Å². The molecule has 4 heteroatoms. The first kappa shape index (κ1) is 13.8. The van der Waals surface area contributed by atoms with Gasteiger partial charge in [-0.1, -0.05) is 24.3 Å². The van der Waals surface area contributed by atoms with Gasteiger partial charge in [-0.3, -0.25) is 4.98 Å². The second-order valence-electron chi connectivity index (χ2n) is 4.97. The molecule has 106 valence electrons. The van der Waals surface area contributed by atoms with Gasteiger partial charge in [0, 0.05) is 24.5 Å². The van der Waals surface area contributed by atoms with Crippen LogP contribution in [0.4, 0.5) is 5.82 Å². The number of anilines is 1. The lowest BCUT2D eigenvalue weighted by atomic mass is 10.1. The summed E-state index contributed by atoms with van der Waals surface area (Å²) in [6, 6.07) is 16.1. The maximum Gasteiger partial charge on any atom is 0.129 e. The van der Waals surface area contributed by atoms with Crippen molar-refractivity contribution in [3.8, 4) is 0 Å². The number of fused-ring (bicyclic) bond motifs is 1. The molecule has 0 aliphatic carbocycles. The lowest BCUT2D eigenvalue weighted by Gasteiger charge is -2.19. The zero-order valence-corrected chi connectivity index (χ0v) is 12.6. The minimum absolute atomic E-state index is 0.480. The van der Waals surface area contributed by atoms with Crippen LogP contribution >= 0.6 is 11.6 Å². The molecule has 3 aromatic rings. The standard InChI is InChI=1S/C17H16ClN3/c1-21(12-14-6-4-5-9-19-14)17-10-13(11-18)15-7-2-3-8-16(15)20-17/h2-10H,11-12H2,1H3. The SMILES string of the molecule is CN(Cc1ccccn1)c1cc(CCl)c2ccccc2n1. The number of hydrogen-bond donors (Lipinski definition) is 0. The Kier molecular flexibility index (Phi) is 4.02. The van der Waals surface area contributed by atoms with Gasteiger partial charge in [0.25, 0.3) is 0 Å². The first-order chi connectivity index (χ1) is 10.3. The Hall–Kier alpha value is -2.13. The molecule has 3 rings (SSSR count). The second-order valence-corrected chi connectivity index (χ2v) is 5.23. The van der Waals surface area contributed by atoms with E-state index >= 15 is 0 Å². The topological polar surface area (TPSA) is 29.0 Å². The minimum Gasteiger partial charge on any atom is -0.354 e. The van der Waals surface area contributed by atoms with Gasteiger partial charge in [-0.2, -0.15) is 0 Å². The third kappa shape index (κ3) is 2.98. The second kappa shape index (κ2) is 6.10. The van der Waals surface area contributed by atoms with Crippen molar-refractivity contribution in [1.29, 1.82) is 0 Å². The maximum absolute atomic E-state index is 6.08. The Morgan fingerprint density at radius 1 is 1.10 bits per heavy atom. The van der Waals surface area contributed by atoms with Crippen LogP contribution in [0.3, 0.4) is 0 Å². The molecule has 0 atom stereocenters. The summed E-state index contributed by atoms with van der Waals surface area (Å²) in [5, 5.41) is 1.11. The van der Waals surface area contributed by atoms with Crippen LogP contribution in [-0.2, 0) is 12.4 Å². The van der Waals surface area contributed by atoms with Gasteiger partial charge in [-0.15, -0.1) is 11.6 Å². The van der Waals surface area contributed by atoms with Crippen LogP contribution in [0.2, 0.25) is 0 Å². The normalized spacial score (nSPS) is 10.8. The highest BCUT2D eigenvalue weighted by Gasteiger charge is 2.09. The molecule has 2 aromatic heterocycles. The third-order valence-corrected chi connectivity index (χ3v) is 3.74. The minimum atomic E-state index is 0.480. The molecule has 0 amide bonds. The van der Waals surface area contributed by atoms with Gasteiger partial charge in [-0.05, 0) is 29.8 Å². The molecule has 0 unspecified atom stereocenters. The summed E-state index contributed by atoms with van der Waals surface area (Å²) in [5.41, 5.74) is 3.09. The van der Waals surface area contributed by atoms with Crippen LogP contribution in [0.15, 0.2) is 54.7 Å². The van der Waals surface area contributed by atoms with E-state index in [2.05, 4.69) is 22.0 Å². The fraction of sp³-hybridized carbons (Fsp3) is 0.176. The molecule has 0 spiro atoms. The summed E-state index contributed by atoms with van der Waals surface area (Å²) in [7, 11) is 2.02. The van der Waals surface area contributed by atoms with Gasteiger partial charge >= 0.3 is 0 Å². The van der Waals surface area contributed by atoms with Crippen molar-refractivity contribution in [3.05, 3.63) is 66.0 Å². The van der Waals surface area contributed by atoms with Gasteiger partial charge in [0.05, 0.1) is 17.8 Å². The Morgan fingerprint density at radius 2 is 1.90 bits per heavy atom. The van der Waals surface area contributed by atoms with Crippen molar-refractivity contribution in [2.24, 2.45) is 0 Å². The van der Waals surface area contributed by atoms with Crippen LogP contribution in [0.1, 0.15) is 11.3 Å². The van der Waals surface area contributed by atoms with Crippen molar-refractivity contribution >= 4 is 28.3 Å². The molecule has 0 fully saturated rings. The molecular formula is C17H16ClN3. The first-order valence-electron chi connectivity index (χ1n) is 6.83. The van der Waals surface area contributed by atoms with Crippen molar-refractivity contribution in [2.45, 2.75) is 12.4 Å². The summed E-state index contributed by atoms with van der Waals surface area (Å²) >= 11 is 6.08. The number of nitrogens with zero attached hydrogens (tertiary/aromatic N) is 3. The van der Waals surface area contributed by atoms with E-state index < -0.39 is 0 Å². The van der Waals surface area contributed by atoms with Crippen LogP contribution in [0.5, 0.6) is 0 Å². The summed E-state index contributed by atoms with van der Waals surface area (Å²) < 4.78 is 0. The molecule has 0 saturated carbocycles. The van der Waals surface area contributed by atoms with Crippen molar-refractivity contribution < 1.29 is 0 Å². The molecule has 2 heterocycles. The third-order valence-electron chi connectivity index (χ3n) is 3.45. The molecule has 0 aliphatic heterocycles. The Balaban J connectivity index is 1.96. The number of hydrogen-bond acceptors (Lipinski definition) is 3. The Bertz CT molecular complexity index is 743. The molecule has 3 nitrogen and oxygen atoms in total. The monoisotopic (exact) mass is 297 g/mol. The molecule has 21 heavy (non-hydrogen) atoms. The molecule has 0 saturated heterocycles. The maximum atomic E-state index is 6.08. The smallest absolute Gasteiger partial charge is 0.129 e. The van der Waals surface area contributed by atoms with Crippen molar-refractivity contribution in [3.63, 3.8) is 0 Å². The van der Waals surface area contributed by atoms with E-state index in [0.29, 0.717) is 12.4 Å². The van der Waals surface area contributed by atoms with E-state index in [9.17, 15) is 0 Å². The van der Waals surface area contributed by atoms with Gasteiger partial charge in [0.2, 0.25) is 0 Å². The molecule has 0 radical (unpaired) electrons. The summed E-state index contributed by atoms with van der Waals surface area (Å²) in [5.74, 6) is 1.39. The van der Waals surface area contributed by atoms with E-state index in [4.69, 9.17) is 16.6 Å². The number of alkyl halides is 1. The van der Waals surface area contributed by atoms with Gasteiger partial charge in [0.15, 0.2) is 0 Å². The quantitative estimate of drug-likeness (QED) is 0.682. The van der Waals surface area contributed by atoms with Crippen LogP contribution in [0, 0.1) is 0 Å². The summed E-state index contributed by atoms with van der Waals surface area (Å²) in [6.45, 7) is 0.716. The predicted molar refractivity (Wildman–Crippen MR) is 87.6 cm³/mol. The average molecular weight is 298 g/mol. The van der Waals surface area contributed by atoms with E-state index in [1.807, 2.05) is 43.4 Å². The zero-order chi connectivity index (χ0) is 14.7. The van der Waals surface area contributed by atoms with Crippen LogP contribution in [-0.4, -0.2) is 17.0 Å². The lowest BCUT2D eigenvalue weighted by Crippen LogP contribution is -2.18.